The van der Waals surface area contributed by atoms with E-state index in [0.29, 0.717) is 13.1 Å². The van der Waals surface area contributed by atoms with Gasteiger partial charge in [-0.05, 0) is 12.5 Å². The van der Waals surface area contributed by atoms with Crippen LogP contribution in [0.1, 0.15) is 17.5 Å². The first kappa shape index (κ1) is 12.7. The average Bonchev–Trinajstić information content (AvgIpc) is 2.20. The van der Waals surface area contributed by atoms with Gasteiger partial charge < -0.3 is 15.5 Å². The highest BCUT2D eigenvalue weighted by Crippen LogP contribution is 2.02. The summed E-state index contributed by atoms with van der Waals surface area (Å²) in [6, 6.07) is 8.05. The molecule has 0 amide bonds. The summed E-state index contributed by atoms with van der Waals surface area (Å²) in [5, 5.41) is 20.8. The summed E-state index contributed by atoms with van der Waals surface area (Å²) in [5.41, 5.74) is 2.32. The predicted octanol–water partition coefficient (Wildman–Crippen LogP) is 0.920. The molecule has 0 radical (unpaired) electrons. The van der Waals surface area contributed by atoms with E-state index < -0.39 is 12.1 Å². The lowest BCUT2D eigenvalue weighted by atomic mass is 10.1. The van der Waals surface area contributed by atoms with E-state index in [1.54, 1.807) is 0 Å². The van der Waals surface area contributed by atoms with Gasteiger partial charge in [-0.15, -0.1) is 0 Å². The van der Waals surface area contributed by atoms with E-state index in [-0.39, 0.29) is 6.42 Å². The highest BCUT2D eigenvalue weighted by atomic mass is 16.4. The summed E-state index contributed by atoms with van der Waals surface area (Å²) >= 11 is 0. The van der Waals surface area contributed by atoms with Crippen LogP contribution in [0, 0.1) is 6.92 Å². The van der Waals surface area contributed by atoms with Crippen molar-refractivity contribution in [3.8, 4) is 0 Å². The zero-order chi connectivity index (χ0) is 12.0. The number of rotatable bonds is 6. The molecular formula is C12H17NO3. The molecule has 0 fully saturated rings. The molecule has 1 atom stereocenters. The SMILES string of the molecule is Cc1ccc(CNCC(O)CC(=O)O)cc1. The Bertz CT molecular complexity index is 335. The van der Waals surface area contributed by atoms with Crippen LogP contribution in [0.25, 0.3) is 0 Å². The topological polar surface area (TPSA) is 69.6 Å². The summed E-state index contributed by atoms with van der Waals surface area (Å²) in [4.78, 5) is 10.3. The first-order valence-corrected chi connectivity index (χ1v) is 5.24. The fourth-order valence-corrected chi connectivity index (χ4v) is 1.36. The van der Waals surface area contributed by atoms with Crippen LogP contribution < -0.4 is 5.32 Å². The second-order valence-corrected chi connectivity index (χ2v) is 3.87. The summed E-state index contributed by atoms with van der Waals surface area (Å²) in [7, 11) is 0. The molecule has 3 N–H and O–H groups in total. The van der Waals surface area contributed by atoms with E-state index in [2.05, 4.69) is 5.32 Å². The monoisotopic (exact) mass is 223 g/mol. The average molecular weight is 223 g/mol. The number of aryl methyl sites for hydroxylation is 1. The molecule has 1 aromatic carbocycles. The quantitative estimate of drug-likeness (QED) is 0.670. The smallest absolute Gasteiger partial charge is 0.306 e. The maximum Gasteiger partial charge on any atom is 0.306 e. The molecule has 0 bridgehead atoms. The molecule has 0 aliphatic heterocycles. The molecule has 0 spiro atoms. The fraction of sp³-hybridized carbons (Fsp3) is 0.417. The lowest BCUT2D eigenvalue weighted by Crippen LogP contribution is -2.28. The molecule has 4 nitrogen and oxygen atoms in total. The highest BCUT2D eigenvalue weighted by Gasteiger charge is 2.08. The number of benzene rings is 1. The largest absolute Gasteiger partial charge is 0.481 e. The number of aliphatic carboxylic acids is 1. The molecule has 0 aliphatic carbocycles. The maximum atomic E-state index is 10.3. The zero-order valence-corrected chi connectivity index (χ0v) is 9.31. The molecule has 1 rings (SSSR count). The minimum Gasteiger partial charge on any atom is -0.481 e. The van der Waals surface area contributed by atoms with Gasteiger partial charge in [0.25, 0.3) is 0 Å². The van der Waals surface area contributed by atoms with Crippen molar-refractivity contribution in [3.63, 3.8) is 0 Å². The Hall–Kier alpha value is -1.39. The van der Waals surface area contributed by atoms with Gasteiger partial charge in [-0.2, -0.15) is 0 Å². The minimum absolute atomic E-state index is 0.221. The standard InChI is InChI=1S/C12H17NO3/c1-9-2-4-10(5-3-9)7-13-8-11(14)6-12(15)16/h2-5,11,13-14H,6-8H2,1H3,(H,15,16). The van der Waals surface area contributed by atoms with Gasteiger partial charge in [-0.3, -0.25) is 4.79 Å². The van der Waals surface area contributed by atoms with Crippen molar-refractivity contribution in [2.75, 3.05) is 6.54 Å². The van der Waals surface area contributed by atoms with E-state index in [0.717, 1.165) is 5.56 Å². The van der Waals surface area contributed by atoms with Crippen molar-refractivity contribution in [3.05, 3.63) is 35.4 Å². The third-order valence-electron chi connectivity index (χ3n) is 2.24. The summed E-state index contributed by atoms with van der Waals surface area (Å²) < 4.78 is 0. The molecule has 1 unspecified atom stereocenters. The third-order valence-corrected chi connectivity index (χ3v) is 2.24. The van der Waals surface area contributed by atoms with Gasteiger partial charge in [0.15, 0.2) is 0 Å². The Morgan fingerprint density at radius 1 is 1.38 bits per heavy atom. The van der Waals surface area contributed by atoms with Gasteiger partial charge in [0.2, 0.25) is 0 Å². The van der Waals surface area contributed by atoms with E-state index in [1.165, 1.54) is 5.56 Å². The van der Waals surface area contributed by atoms with Crippen LogP contribution in [0.15, 0.2) is 24.3 Å². The Morgan fingerprint density at radius 2 is 2.00 bits per heavy atom. The van der Waals surface area contributed by atoms with Crippen LogP contribution in [0.5, 0.6) is 0 Å². The van der Waals surface area contributed by atoms with Crippen molar-refractivity contribution < 1.29 is 15.0 Å². The van der Waals surface area contributed by atoms with Gasteiger partial charge in [-0.25, -0.2) is 0 Å². The number of hydrogen-bond acceptors (Lipinski definition) is 3. The van der Waals surface area contributed by atoms with Crippen molar-refractivity contribution in [2.45, 2.75) is 26.0 Å². The number of carboxylic acid groups (broad SMARTS) is 1. The van der Waals surface area contributed by atoms with Gasteiger partial charge in [-0.1, -0.05) is 29.8 Å². The van der Waals surface area contributed by atoms with Crippen LogP contribution in [0.4, 0.5) is 0 Å². The second-order valence-electron chi connectivity index (χ2n) is 3.87. The molecule has 4 heteroatoms. The Labute approximate surface area is 94.9 Å². The zero-order valence-electron chi connectivity index (χ0n) is 9.31. The van der Waals surface area contributed by atoms with Crippen molar-refractivity contribution in [2.24, 2.45) is 0 Å². The first-order valence-electron chi connectivity index (χ1n) is 5.24. The minimum atomic E-state index is -0.982. The number of carboxylic acids is 1. The van der Waals surface area contributed by atoms with Crippen LogP contribution >= 0.6 is 0 Å². The predicted molar refractivity (Wildman–Crippen MR) is 61.1 cm³/mol. The normalized spacial score (nSPS) is 12.4. The summed E-state index contributed by atoms with van der Waals surface area (Å²) in [6.45, 7) is 2.95. The van der Waals surface area contributed by atoms with Gasteiger partial charge in [0.05, 0.1) is 12.5 Å². The van der Waals surface area contributed by atoms with Crippen LogP contribution in [0.3, 0.4) is 0 Å². The summed E-state index contributed by atoms with van der Waals surface area (Å²) in [6.07, 6.45) is -1.05. The Kier molecular flexibility index (Phi) is 4.95. The molecular weight excluding hydrogens is 206 g/mol. The van der Waals surface area contributed by atoms with Gasteiger partial charge >= 0.3 is 5.97 Å². The van der Waals surface area contributed by atoms with Crippen LogP contribution in [-0.2, 0) is 11.3 Å². The van der Waals surface area contributed by atoms with Crippen molar-refractivity contribution >= 4 is 5.97 Å². The first-order chi connectivity index (χ1) is 7.58. The number of aliphatic hydroxyl groups excluding tert-OH is 1. The van der Waals surface area contributed by atoms with Crippen molar-refractivity contribution in [1.29, 1.82) is 0 Å². The maximum absolute atomic E-state index is 10.3. The third kappa shape index (κ3) is 4.91. The second kappa shape index (κ2) is 6.25. The van der Waals surface area contributed by atoms with Gasteiger partial charge in [0.1, 0.15) is 0 Å². The molecule has 0 heterocycles. The van der Waals surface area contributed by atoms with E-state index in [4.69, 9.17) is 5.11 Å². The van der Waals surface area contributed by atoms with Crippen LogP contribution in [-0.4, -0.2) is 28.8 Å². The molecule has 88 valence electrons. The number of hydrogen-bond donors (Lipinski definition) is 3. The van der Waals surface area contributed by atoms with E-state index in [9.17, 15) is 9.90 Å². The van der Waals surface area contributed by atoms with E-state index >= 15 is 0 Å². The number of aliphatic hydroxyl groups is 1. The number of carbonyl (C=O) groups is 1. The summed E-state index contributed by atoms with van der Waals surface area (Å²) in [5.74, 6) is -0.982. The number of nitrogens with one attached hydrogen (secondary N) is 1. The molecule has 0 saturated carbocycles. The van der Waals surface area contributed by atoms with Crippen molar-refractivity contribution in [1.82, 2.24) is 5.32 Å². The molecule has 0 aromatic heterocycles. The fourth-order valence-electron chi connectivity index (χ4n) is 1.36. The van der Waals surface area contributed by atoms with E-state index in [1.807, 2.05) is 31.2 Å². The molecule has 1 aromatic rings. The lowest BCUT2D eigenvalue weighted by Gasteiger charge is -2.09. The molecule has 16 heavy (non-hydrogen) atoms. The molecule has 0 aliphatic rings. The van der Waals surface area contributed by atoms with Crippen LogP contribution in [0.2, 0.25) is 0 Å². The highest BCUT2D eigenvalue weighted by molar-refractivity contribution is 5.67. The lowest BCUT2D eigenvalue weighted by molar-refractivity contribution is -0.139. The molecule has 0 saturated heterocycles. The van der Waals surface area contributed by atoms with Gasteiger partial charge in [0, 0.05) is 13.1 Å². The Balaban J connectivity index is 2.25. The Morgan fingerprint density at radius 3 is 2.56 bits per heavy atom.